The molecule has 0 bridgehead atoms. The Morgan fingerprint density at radius 3 is 2.83 bits per heavy atom. The van der Waals surface area contributed by atoms with E-state index < -0.39 is 0 Å². The number of thiophene rings is 1. The van der Waals surface area contributed by atoms with Gasteiger partial charge in [0.2, 0.25) is 0 Å². The average Bonchev–Trinajstić information content (AvgIpc) is 2.89. The molecular formula is C18H19N3OS. The molecule has 1 aliphatic rings. The van der Waals surface area contributed by atoms with Crippen molar-refractivity contribution in [2.45, 2.75) is 46.1 Å². The first-order valence-corrected chi connectivity index (χ1v) is 8.82. The quantitative estimate of drug-likeness (QED) is 0.674. The molecule has 0 spiro atoms. The third-order valence-corrected chi connectivity index (χ3v) is 5.62. The topological polar surface area (TPSA) is 47.8 Å². The highest BCUT2D eigenvalue weighted by Gasteiger charge is 2.21. The first-order valence-electron chi connectivity index (χ1n) is 8.00. The van der Waals surface area contributed by atoms with Gasteiger partial charge in [-0.25, -0.2) is 9.97 Å². The SMILES string of the molecule is C=C(C)Cn1cnc2c(sc3nc(C)c4c(c32)CCCC4)c1=O. The smallest absolute Gasteiger partial charge is 0.271 e. The number of allylic oxidation sites excluding steroid dienone is 1. The van der Waals surface area contributed by atoms with Gasteiger partial charge in [0.15, 0.2) is 0 Å². The Bertz CT molecular complexity index is 1010. The van der Waals surface area contributed by atoms with E-state index in [-0.39, 0.29) is 5.56 Å². The highest BCUT2D eigenvalue weighted by Crippen LogP contribution is 2.37. The van der Waals surface area contributed by atoms with Crippen molar-refractivity contribution in [1.29, 1.82) is 0 Å². The van der Waals surface area contributed by atoms with Crippen LogP contribution in [0.4, 0.5) is 0 Å². The van der Waals surface area contributed by atoms with Crippen molar-refractivity contribution in [3.05, 3.63) is 45.7 Å². The monoisotopic (exact) mass is 325 g/mol. The van der Waals surface area contributed by atoms with E-state index in [9.17, 15) is 4.79 Å². The number of fused-ring (bicyclic) bond motifs is 5. The summed E-state index contributed by atoms with van der Waals surface area (Å²) in [4.78, 5) is 23.1. The highest BCUT2D eigenvalue weighted by molar-refractivity contribution is 7.25. The van der Waals surface area contributed by atoms with E-state index in [2.05, 4.69) is 18.5 Å². The van der Waals surface area contributed by atoms with Gasteiger partial charge in [0.25, 0.3) is 5.56 Å². The van der Waals surface area contributed by atoms with E-state index in [0.29, 0.717) is 6.54 Å². The van der Waals surface area contributed by atoms with Crippen LogP contribution in [0.5, 0.6) is 0 Å². The Morgan fingerprint density at radius 1 is 1.35 bits per heavy atom. The zero-order valence-corrected chi connectivity index (χ0v) is 14.3. The molecule has 0 unspecified atom stereocenters. The van der Waals surface area contributed by atoms with Gasteiger partial charge in [-0.2, -0.15) is 0 Å². The fourth-order valence-corrected chi connectivity index (χ4v) is 4.70. The molecule has 23 heavy (non-hydrogen) atoms. The zero-order valence-electron chi connectivity index (χ0n) is 13.5. The van der Waals surface area contributed by atoms with Crippen LogP contribution in [0.3, 0.4) is 0 Å². The standard InChI is InChI=1S/C18H19N3OS/c1-10(2)8-21-9-19-15-14-13-7-5-4-6-12(13)11(3)20-17(14)23-16(15)18(21)22/h9H,1,4-8H2,2-3H3. The minimum Gasteiger partial charge on any atom is -0.294 e. The molecule has 0 aliphatic heterocycles. The van der Waals surface area contributed by atoms with E-state index >= 15 is 0 Å². The van der Waals surface area contributed by atoms with Gasteiger partial charge in [-0.3, -0.25) is 9.36 Å². The van der Waals surface area contributed by atoms with Crippen LogP contribution in [0.1, 0.15) is 36.6 Å². The number of pyridine rings is 1. The first-order chi connectivity index (χ1) is 11.1. The maximum Gasteiger partial charge on any atom is 0.271 e. The van der Waals surface area contributed by atoms with Gasteiger partial charge in [-0.15, -0.1) is 11.3 Å². The normalized spacial score (nSPS) is 14.3. The van der Waals surface area contributed by atoms with E-state index in [0.717, 1.165) is 44.5 Å². The molecule has 3 aromatic heterocycles. The molecule has 3 heterocycles. The summed E-state index contributed by atoms with van der Waals surface area (Å²) in [6.45, 7) is 8.41. The lowest BCUT2D eigenvalue weighted by molar-refractivity contribution is 0.683. The van der Waals surface area contributed by atoms with Crippen molar-refractivity contribution >= 4 is 31.8 Å². The Morgan fingerprint density at radius 2 is 2.09 bits per heavy atom. The average molecular weight is 325 g/mol. The molecular weight excluding hydrogens is 306 g/mol. The number of aromatic nitrogens is 3. The van der Waals surface area contributed by atoms with Crippen LogP contribution in [0, 0.1) is 6.92 Å². The molecule has 4 rings (SSSR count). The van der Waals surface area contributed by atoms with E-state index in [1.165, 1.54) is 35.3 Å². The van der Waals surface area contributed by atoms with Crippen LogP contribution in [0.25, 0.3) is 20.4 Å². The summed E-state index contributed by atoms with van der Waals surface area (Å²) in [7, 11) is 0. The molecule has 0 atom stereocenters. The van der Waals surface area contributed by atoms with Gasteiger partial charge >= 0.3 is 0 Å². The maximum atomic E-state index is 12.8. The predicted octanol–water partition coefficient (Wildman–Crippen LogP) is 3.77. The molecule has 1 aliphatic carbocycles. The third-order valence-electron chi connectivity index (χ3n) is 4.56. The summed E-state index contributed by atoms with van der Waals surface area (Å²) in [5.74, 6) is 0. The predicted molar refractivity (Wildman–Crippen MR) is 95.4 cm³/mol. The number of hydrogen-bond donors (Lipinski definition) is 0. The van der Waals surface area contributed by atoms with Crippen molar-refractivity contribution in [2.24, 2.45) is 0 Å². The lowest BCUT2D eigenvalue weighted by Crippen LogP contribution is -2.20. The van der Waals surface area contributed by atoms with Crippen LogP contribution in [-0.4, -0.2) is 14.5 Å². The van der Waals surface area contributed by atoms with Gasteiger partial charge in [0.05, 0.1) is 11.8 Å². The van der Waals surface area contributed by atoms with Crippen LogP contribution in [0.15, 0.2) is 23.3 Å². The number of hydrogen-bond acceptors (Lipinski definition) is 4. The third kappa shape index (κ3) is 2.22. The molecule has 5 heteroatoms. The molecule has 0 radical (unpaired) electrons. The van der Waals surface area contributed by atoms with Crippen molar-refractivity contribution in [3.63, 3.8) is 0 Å². The summed E-state index contributed by atoms with van der Waals surface area (Å²) in [6, 6.07) is 0. The molecule has 118 valence electrons. The van der Waals surface area contributed by atoms with Gasteiger partial charge in [-0.1, -0.05) is 12.2 Å². The zero-order chi connectivity index (χ0) is 16.1. The molecule has 0 saturated heterocycles. The van der Waals surface area contributed by atoms with Gasteiger partial charge in [0.1, 0.15) is 9.53 Å². The largest absolute Gasteiger partial charge is 0.294 e. The Labute approximate surface area is 138 Å². The Balaban J connectivity index is 2.07. The summed E-state index contributed by atoms with van der Waals surface area (Å²) in [5.41, 5.74) is 5.65. The summed E-state index contributed by atoms with van der Waals surface area (Å²) < 4.78 is 2.36. The number of nitrogens with zero attached hydrogens (tertiary/aromatic N) is 3. The Kier molecular flexibility index (Phi) is 3.34. The van der Waals surface area contributed by atoms with Gasteiger partial charge in [0, 0.05) is 17.6 Å². The molecule has 0 fully saturated rings. The van der Waals surface area contributed by atoms with E-state index in [1.54, 1.807) is 10.9 Å². The lowest BCUT2D eigenvalue weighted by Gasteiger charge is -2.18. The molecule has 0 amide bonds. The fourth-order valence-electron chi connectivity index (χ4n) is 3.54. The van der Waals surface area contributed by atoms with Crippen LogP contribution in [-0.2, 0) is 19.4 Å². The number of rotatable bonds is 2. The van der Waals surface area contributed by atoms with Crippen LogP contribution in [0.2, 0.25) is 0 Å². The lowest BCUT2D eigenvalue weighted by atomic mass is 9.89. The second-order valence-corrected chi connectivity index (χ2v) is 7.46. The molecule has 0 saturated carbocycles. The van der Waals surface area contributed by atoms with Crippen molar-refractivity contribution in [2.75, 3.05) is 0 Å². The molecule has 3 aromatic rings. The second-order valence-electron chi connectivity index (χ2n) is 6.46. The minimum atomic E-state index is 0.0169. The Hall–Kier alpha value is -2.01. The van der Waals surface area contributed by atoms with E-state index in [4.69, 9.17) is 4.98 Å². The van der Waals surface area contributed by atoms with Crippen LogP contribution < -0.4 is 5.56 Å². The summed E-state index contributed by atoms with van der Waals surface area (Å²) >= 11 is 1.48. The molecule has 0 N–H and O–H groups in total. The first kappa shape index (κ1) is 14.6. The second kappa shape index (κ2) is 5.27. The summed E-state index contributed by atoms with van der Waals surface area (Å²) in [5, 5.41) is 1.12. The van der Waals surface area contributed by atoms with Crippen molar-refractivity contribution in [1.82, 2.24) is 14.5 Å². The summed E-state index contributed by atoms with van der Waals surface area (Å²) in [6.07, 6.45) is 6.24. The van der Waals surface area contributed by atoms with Crippen LogP contribution >= 0.6 is 11.3 Å². The van der Waals surface area contributed by atoms with Crippen molar-refractivity contribution in [3.8, 4) is 0 Å². The van der Waals surface area contributed by atoms with Gasteiger partial charge < -0.3 is 0 Å². The highest BCUT2D eigenvalue weighted by atomic mass is 32.1. The molecule has 4 nitrogen and oxygen atoms in total. The maximum absolute atomic E-state index is 12.8. The molecule has 0 aromatic carbocycles. The minimum absolute atomic E-state index is 0.0169. The van der Waals surface area contributed by atoms with Crippen molar-refractivity contribution < 1.29 is 0 Å². The van der Waals surface area contributed by atoms with E-state index in [1.807, 2.05) is 6.92 Å². The van der Waals surface area contributed by atoms with Gasteiger partial charge in [-0.05, 0) is 50.7 Å². The number of aryl methyl sites for hydroxylation is 2. The fraction of sp³-hybridized carbons (Fsp3) is 0.389.